The zero-order valence-corrected chi connectivity index (χ0v) is 19.9. The lowest BCUT2D eigenvalue weighted by Gasteiger charge is -2.48. The Bertz CT molecular complexity index is 1270. The molecule has 0 saturated carbocycles. The molecule has 2 aromatic carbocycles. The second kappa shape index (κ2) is 9.55. The van der Waals surface area contributed by atoms with Gasteiger partial charge in [-0.25, -0.2) is 4.98 Å². The minimum atomic E-state index is -4.49. The molecular formula is C25H23F3N4O3S. The highest BCUT2D eigenvalue weighted by molar-refractivity contribution is 7.11. The van der Waals surface area contributed by atoms with Gasteiger partial charge < -0.3 is 14.9 Å². The van der Waals surface area contributed by atoms with Crippen LogP contribution >= 0.6 is 11.3 Å². The molecule has 0 spiro atoms. The number of alkyl halides is 3. The normalized spacial score (nSPS) is 17.2. The molecule has 11 heteroatoms. The van der Waals surface area contributed by atoms with Crippen LogP contribution < -0.4 is 0 Å². The highest BCUT2D eigenvalue weighted by atomic mass is 32.1. The summed E-state index contributed by atoms with van der Waals surface area (Å²) < 4.78 is 39.1. The van der Waals surface area contributed by atoms with E-state index in [2.05, 4.69) is 9.88 Å². The summed E-state index contributed by atoms with van der Waals surface area (Å²) in [7, 11) is 0. The number of rotatable bonds is 4. The Kier molecular flexibility index (Phi) is 6.44. The minimum Gasteiger partial charge on any atom is -0.507 e. The molecule has 7 nitrogen and oxygen atoms in total. The Morgan fingerprint density at radius 1 is 0.972 bits per heavy atom. The molecule has 0 atom stereocenters. The number of phenols is 1. The molecule has 2 fully saturated rings. The first-order chi connectivity index (χ1) is 17.2. The van der Waals surface area contributed by atoms with Gasteiger partial charge in [0.15, 0.2) is 5.01 Å². The van der Waals surface area contributed by atoms with Crippen LogP contribution in [0.1, 0.15) is 25.7 Å². The van der Waals surface area contributed by atoms with Gasteiger partial charge in [0.05, 0.1) is 5.56 Å². The number of aromatic hydroxyl groups is 1. The van der Waals surface area contributed by atoms with Gasteiger partial charge in [-0.15, -0.1) is 11.3 Å². The summed E-state index contributed by atoms with van der Waals surface area (Å²) in [4.78, 5) is 35.2. The first kappa shape index (κ1) is 24.3. The number of carbonyl (C=O) groups is 2. The van der Waals surface area contributed by atoms with Crippen molar-refractivity contribution in [1.82, 2.24) is 19.7 Å². The molecule has 2 amide bonds. The van der Waals surface area contributed by atoms with Crippen molar-refractivity contribution in [2.45, 2.75) is 12.2 Å². The number of piperazine rings is 1. The lowest BCUT2D eigenvalue weighted by molar-refractivity contribution is -0.137. The standard InChI is InChI=1S/C25H23F3N4O3S/c26-25(27,28)18-3-1-2-16(12-18)20-5-4-17(13-21(20)33)23(34)32-14-19(15-32)30-7-9-31(10-8-30)24(35)22-29-6-11-36-22/h1-6,11-13,19,33H,7-10,14-15H2. The van der Waals surface area contributed by atoms with Crippen LogP contribution in [0.5, 0.6) is 5.75 Å². The maximum atomic E-state index is 13.0. The van der Waals surface area contributed by atoms with Crippen LogP contribution in [0.4, 0.5) is 13.2 Å². The number of likely N-dealkylation sites (tertiary alicyclic amines) is 1. The highest BCUT2D eigenvalue weighted by Crippen LogP contribution is 2.35. The van der Waals surface area contributed by atoms with Crippen molar-refractivity contribution in [1.29, 1.82) is 0 Å². The van der Waals surface area contributed by atoms with E-state index >= 15 is 0 Å². The van der Waals surface area contributed by atoms with Crippen molar-refractivity contribution in [3.8, 4) is 16.9 Å². The van der Waals surface area contributed by atoms with Crippen molar-refractivity contribution in [3.05, 3.63) is 70.2 Å². The summed E-state index contributed by atoms with van der Waals surface area (Å²) in [5.41, 5.74) is -0.0813. The molecule has 36 heavy (non-hydrogen) atoms. The number of carbonyl (C=O) groups excluding carboxylic acids is 2. The second-order valence-electron chi connectivity index (χ2n) is 8.84. The van der Waals surface area contributed by atoms with E-state index in [1.165, 1.54) is 41.7 Å². The molecule has 3 heterocycles. The van der Waals surface area contributed by atoms with Crippen LogP contribution in [0.25, 0.3) is 11.1 Å². The molecule has 2 aliphatic heterocycles. The Morgan fingerprint density at radius 3 is 2.36 bits per heavy atom. The first-order valence-corrected chi connectivity index (χ1v) is 12.3. The fraction of sp³-hybridized carbons (Fsp3) is 0.320. The van der Waals surface area contributed by atoms with E-state index in [4.69, 9.17) is 0 Å². The Balaban J connectivity index is 1.17. The molecule has 0 unspecified atom stereocenters. The van der Waals surface area contributed by atoms with Gasteiger partial charge in [0.2, 0.25) is 0 Å². The van der Waals surface area contributed by atoms with Gasteiger partial charge >= 0.3 is 6.18 Å². The van der Waals surface area contributed by atoms with Gasteiger partial charge in [-0.2, -0.15) is 13.2 Å². The Hall–Kier alpha value is -3.44. The van der Waals surface area contributed by atoms with Crippen molar-refractivity contribution in [2.75, 3.05) is 39.3 Å². The molecular weight excluding hydrogens is 493 g/mol. The smallest absolute Gasteiger partial charge is 0.416 e. The van der Waals surface area contributed by atoms with Crippen LogP contribution in [0, 0.1) is 0 Å². The lowest BCUT2D eigenvalue weighted by atomic mass is 9.99. The van der Waals surface area contributed by atoms with Crippen molar-refractivity contribution < 1.29 is 27.9 Å². The maximum Gasteiger partial charge on any atom is 0.416 e. The van der Waals surface area contributed by atoms with Crippen LogP contribution in [-0.2, 0) is 6.18 Å². The highest BCUT2D eigenvalue weighted by Gasteiger charge is 2.37. The van der Waals surface area contributed by atoms with E-state index in [1.54, 1.807) is 21.4 Å². The number of thiazole rings is 1. The average molecular weight is 517 g/mol. The van der Waals surface area contributed by atoms with E-state index in [0.717, 1.165) is 25.2 Å². The minimum absolute atomic E-state index is 0.0524. The summed E-state index contributed by atoms with van der Waals surface area (Å²) in [5, 5.41) is 12.7. The van der Waals surface area contributed by atoms with Crippen molar-refractivity contribution >= 4 is 23.2 Å². The molecule has 2 saturated heterocycles. The zero-order chi connectivity index (χ0) is 25.4. The predicted octanol–water partition coefficient (Wildman–Crippen LogP) is 3.82. The number of nitrogens with zero attached hydrogens (tertiary/aromatic N) is 4. The van der Waals surface area contributed by atoms with Gasteiger partial charge in [0.25, 0.3) is 11.8 Å². The predicted molar refractivity (Wildman–Crippen MR) is 128 cm³/mol. The molecule has 188 valence electrons. The fourth-order valence-corrected chi connectivity index (χ4v) is 5.16. The SMILES string of the molecule is O=C(c1ccc(-c2cccc(C(F)(F)F)c2)c(O)c1)N1CC(N2CCN(C(=O)c3nccs3)CC2)C1. The molecule has 3 aromatic rings. The van der Waals surface area contributed by atoms with Gasteiger partial charge in [-0.05, 0) is 35.9 Å². The van der Waals surface area contributed by atoms with Crippen molar-refractivity contribution in [3.63, 3.8) is 0 Å². The number of halogens is 3. The number of aromatic nitrogens is 1. The number of hydrogen-bond donors (Lipinski definition) is 1. The Labute approximate surface area is 209 Å². The van der Waals surface area contributed by atoms with Crippen LogP contribution in [0.3, 0.4) is 0 Å². The largest absolute Gasteiger partial charge is 0.507 e. The number of hydrogen-bond acceptors (Lipinski definition) is 6. The third-order valence-electron chi connectivity index (χ3n) is 6.63. The average Bonchev–Trinajstić information content (AvgIpc) is 3.37. The van der Waals surface area contributed by atoms with E-state index in [9.17, 15) is 27.9 Å². The summed E-state index contributed by atoms with van der Waals surface area (Å²) in [6.45, 7) is 3.72. The molecule has 2 aliphatic rings. The third kappa shape index (κ3) is 4.80. The second-order valence-corrected chi connectivity index (χ2v) is 9.73. The molecule has 1 aromatic heterocycles. The quantitative estimate of drug-likeness (QED) is 0.571. The van der Waals surface area contributed by atoms with Crippen LogP contribution in [-0.4, -0.2) is 81.9 Å². The molecule has 0 radical (unpaired) electrons. The fourth-order valence-electron chi connectivity index (χ4n) is 4.56. The third-order valence-corrected chi connectivity index (χ3v) is 7.39. The number of benzene rings is 2. The van der Waals surface area contributed by atoms with Crippen LogP contribution in [0.2, 0.25) is 0 Å². The van der Waals surface area contributed by atoms with Gasteiger partial charge in [0, 0.05) is 68.0 Å². The van der Waals surface area contributed by atoms with E-state index in [0.29, 0.717) is 31.2 Å². The van der Waals surface area contributed by atoms with Gasteiger partial charge in [-0.3, -0.25) is 14.5 Å². The number of phenolic OH excluding ortho intramolecular Hbond substituents is 1. The lowest BCUT2D eigenvalue weighted by Crippen LogP contribution is -2.64. The van der Waals surface area contributed by atoms with E-state index < -0.39 is 11.7 Å². The molecule has 5 rings (SSSR count). The Morgan fingerprint density at radius 2 is 1.72 bits per heavy atom. The van der Waals surface area contributed by atoms with E-state index in [-0.39, 0.29) is 40.3 Å². The topological polar surface area (TPSA) is 77.0 Å². The summed E-state index contributed by atoms with van der Waals surface area (Å²) >= 11 is 1.33. The summed E-state index contributed by atoms with van der Waals surface area (Å²) in [6, 6.07) is 9.19. The number of amides is 2. The molecule has 0 aliphatic carbocycles. The van der Waals surface area contributed by atoms with Gasteiger partial charge in [0.1, 0.15) is 5.75 Å². The summed E-state index contributed by atoms with van der Waals surface area (Å²) in [5.74, 6) is -0.545. The monoisotopic (exact) mass is 516 g/mol. The van der Waals surface area contributed by atoms with Gasteiger partial charge in [-0.1, -0.05) is 12.1 Å². The molecule has 1 N–H and O–H groups in total. The van der Waals surface area contributed by atoms with Crippen molar-refractivity contribution in [2.24, 2.45) is 0 Å². The summed E-state index contributed by atoms with van der Waals surface area (Å²) in [6.07, 6.45) is -2.87. The van der Waals surface area contributed by atoms with Crippen LogP contribution in [0.15, 0.2) is 54.0 Å². The zero-order valence-electron chi connectivity index (χ0n) is 19.1. The maximum absolute atomic E-state index is 13.0. The molecule has 0 bridgehead atoms. The van der Waals surface area contributed by atoms with E-state index in [1.807, 2.05) is 0 Å². The first-order valence-electron chi connectivity index (χ1n) is 11.4.